The van der Waals surface area contributed by atoms with Crippen molar-refractivity contribution < 1.29 is 0 Å². The van der Waals surface area contributed by atoms with Gasteiger partial charge in [0.15, 0.2) is 0 Å². The second-order valence-electron chi connectivity index (χ2n) is 7.31. The third-order valence-corrected chi connectivity index (χ3v) is 5.81. The number of nitrogens with one attached hydrogen (secondary N) is 1. The Morgan fingerprint density at radius 3 is 2.50 bits per heavy atom. The molecule has 2 heteroatoms. The van der Waals surface area contributed by atoms with Gasteiger partial charge in [0.1, 0.15) is 0 Å². The molecule has 1 aliphatic heterocycles. The number of hydrogen-bond donors (Lipinski definition) is 1. The third-order valence-electron chi connectivity index (χ3n) is 5.81. The molecule has 118 valence electrons. The van der Waals surface area contributed by atoms with Crippen LogP contribution in [0, 0.1) is 11.8 Å². The van der Waals surface area contributed by atoms with Gasteiger partial charge in [0.25, 0.3) is 0 Å². The summed E-state index contributed by atoms with van der Waals surface area (Å²) < 4.78 is 0. The van der Waals surface area contributed by atoms with Gasteiger partial charge in [-0.25, -0.2) is 0 Å². The Kier molecular flexibility index (Phi) is 6.83. The summed E-state index contributed by atoms with van der Waals surface area (Å²) in [6.07, 6.45) is 11.4. The molecule has 2 fully saturated rings. The van der Waals surface area contributed by atoms with Gasteiger partial charge in [-0.15, -0.1) is 0 Å². The summed E-state index contributed by atoms with van der Waals surface area (Å²) in [7, 11) is 0. The Hall–Kier alpha value is -0.0800. The average Bonchev–Trinajstić information content (AvgIpc) is 2.48. The molecule has 0 radical (unpaired) electrons. The molecule has 1 aliphatic carbocycles. The Morgan fingerprint density at radius 2 is 1.80 bits per heavy atom. The van der Waals surface area contributed by atoms with Gasteiger partial charge in [-0.1, -0.05) is 33.1 Å². The summed E-state index contributed by atoms with van der Waals surface area (Å²) in [5.74, 6) is 1.81. The van der Waals surface area contributed by atoms with Gasteiger partial charge in [0, 0.05) is 18.6 Å². The van der Waals surface area contributed by atoms with Crippen molar-refractivity contribution in [2.45, 2.75) is 84.2 Å². The fraction of sp³-hybridized carbons (Fsp3) is 1.00. The summed E-state index contributed by atoms with van der Waals surface area (Å²) in [5, 5.41) is 3.88. The first-order chi connectivity index (χ1) is 9.72. The summed E-state index contributed by atoms with van der Waals surface area (Å²) in [6, 6.07) is 1.52. The lowest BCUT2D eigenvalue weighted by molar-refractivity contribution is 0.0860. The van der Waals surface area contributed by atoms with Crippen LogP contribution in [0.2, 0.25) is 0 Å². The molecule has 2 rings (SSSR count). The number of nitrogens with zero attached hydrogens (tertiary/aromatic N) is 1. The van der Waals surface area contributed by atoms with E-state index >= 15 is 0 Å². The fourth-order valence-corrected chi connectivity index (χ4v) is 4.18. The molecule has 0 bridgehead atoms. The van der Waals surface area contributed by atoms with Crippen molar-refractivity contribution in [1.82, 2.24) is 10.2 Å². The maximum Gasteiger partial charge on any atom is 0.0223 e. The molecule has 0 amide bonds. The molecule has 2 aliphatic rings. The molecule has 0 aromatic carbocycles. The first kappa shape index (κ1) is 16.3. The highest BCUT2D eigenvalue weighted by Crippen LogP contribution is 2.29. The predicted molar refractivity (Wildman–Crippen MR) is 88.1 cm³/mol. The molecule has 1 N–H and O–H groups in total. The Balaban J connectivity index is 1.91. The second kappa shape index (κ2) is 8.38. The molecular formula is C18H36N2. The van der Waals surface area contributed by atoms with Crippen LogP contribution >= 0.6 is 0 Å². The van der Waals surface area contributed by atoms with Gasteiger partial charge < -0.3 is 5.32 Å². The zero-order chi connectivity index (χ0) is 14.4. The van der Waals surface area contributed by atoms with Crippen LogP contribution < -0.4 is 5.32 Å². The summed E-state index contributed by atoms with van der Waals surface area (Å²) in [5.41, 5.74) is 0. The van der Waals surface area contributed by atoms with Crippen LogP contribution in [-0.2, 0) is 0 Å². The van der Waals surface area contributed by atoms with E-state index in [0.717, 1.165) is 23.9 Å². The Morgan fingerprint density at radius 1 is 1.05 bits per heavy atom. The second-order valence-corrected chi connectivity index (χ2v) is 7.31. The average molecular weight is 281 g/mol. The molecular weight excluding hydrogens is 244 g/mol. The highest BCUT2D eigenvalue weighted by atomic mass is 15.2. The van der Waals surface area contributed by atoms with Crippen molar-refractivity contribution in [1.29, 1.82) is 0 Å². The van der Waals surface area contributed by atoms with E-state index < -0.39 is 0 Å². The van der Waals surface area contributed by atoms with E-state index in [1.807, 2.05) is 0 Å². The monoisotopic (exact) mass is 280 g/mol. The number of rotatable bonds is 6. The van der Waals surface area contributed by atoms with E-state index in [-0.39, 0.29) is 0 Å². The molecule has 0 aromatic heterocycles. The molecule has 20 heavy (non-hydrogen) atoms. The maximum atomic E-state index is 3.88. The van der Waals surface area contributed by atoms with Gasteiger partial charge >= 0.3 is 0 Å². The van der Waals surface area contributed by atoms with Crippen LogP contribution in [0.25, 0.3) is 0 Å². The molecule has 0 spiro atoms. The van der Waals surface area contributed by atoms with Crippen LogP contribution in [0.3, 0.4) is 0 Å². The van der Waals surface area contributed by atoms with Gasteiger partial charge in [-0.3, -0.25) is 4.90 Å². The zero-order valence-corrected chi connectivity index (χ0v) is 14.0. The lowest BCUT2D eigenvalue weighted by Crippen LogP contribution is -2.52. The summed E-state index contributed by atoms with van der Waals surface area (Å²) in [6.45, 7) is 11.0. The van der Waals surface area contributed by atoms with Crippen molar-refractivity contribution in [3.8, 4) is 0 Å². The molecule has 0 aromatic rings. The highest BCUT2D eigenvalue weighted by Gasteiger charge is 2.30. The number of piperidine rings is 1. The van der Waals surface area contributed by atoms with Crippen molar-refractivity contribution in [2.75, 3.05) is 19.6 Å². The summed E-state index contributed by atoms with van der Waals surface area (Å²) in [4.78, 5) is 2.77. The molecule has 1 heterocycles. The van der Waals surface area contributed by atoms with E-state index in [1.165, 1.54) is 71.0 Å². The predicted octanol–water partition coefficient (Wildman–Crippen LogP) is 4.06. The Bertz CT molecular complexity index is 260. The summed E-state index contributed by atoms with van der Waals surface area (Å²) >= 11 is 0. The maximum absolute atomic E-state index is 3.88. The van der Waals surface area contributed by atoms with Crippen molar-refractivity contribution >= 4 is 0 Å². The Labute approximate surface area is 126 Å². The van der Waals surface area contributed by atoms with Gasteiger partial charge in [0.05, 0.1) is 0 Å². The standard InChI is InChI=1S/C18H36N2/c1-4-12-19-18(17-10-6-5-7-11-17)14-20-13-8-9-15(2)16(20)3/h15-19H,4-14H2,1-3H3. The number of hydrogen-bond acceptors (Lipinski definition) is 2. The SMILES string of the molecule is CCCNC(CN1CCCC(C)C1C)C1CCCCC1. The smallest absolute Gasteiger partial charge is 0.0223 e. The van der Waals surface area contributed by atoms with Gasteiger partial charge in [-0.05, 0) is 64.0 Å². The van der Waals surface area contributed by atoms with Crippen LogP contribution in [-0.4, -0.2) is 36.6 Å². The third kappa shape index (κ3) is 4.46. The van der Waals surface area contributed by atoms with Gasteiger partial charge in [0.2, 0.25) is 0 Å². The van der Waals surface area contributed by atoms with Crippen LogP contribution in [0.1, 0.15) is 72.1 Å². The molecule has 1 saturated heterocycles. The minimum atomic E-state index is 0.739. The van der Waals surface area contributed by atoms with E-state index in [4.69, 9.17) is 0 Å². The van der Waals surface area contributed by atoms with Crippen LogP contribution in [0.15, 0.2) is 0 Å². The normalized spacial score (nSPS) is 31.4. The van der Waals surface area contributed by atoms with E-state index in [2.05, 4.69) is 31.0 Å². The van der Waals surface area contributed by atoms with Gasteiger partial charge in [-0.2, -0.15) is 0 Å². The minimum absolute atomic E-state index is 0.739. The zero-order valence-electron chi connectivity index (χ0n) is 14.0. The fourth-order valence-electron chi connectivity index (χ4n) is 4.18. The van der Waals surface area contributed by atoms with Crippen molar-refractivity contribution in [3.05, 3.63) is 0 Å². The van der Waals surface area contributed by atoms with Crippen LogP contribution in [0.4, 0.5) is 0 Å². The lowest BCUT2D eigenvalue weighted by atomic mass is 9.82. The highest BCUT2D eigenvalue weighted by molar-refractivity contribution is 4.86. The quantitative estimate of drug-likeness (QED) is 0.789. The van der Waals surface area contributed by atoms with Crippen molar-refractivity contribution in [2.24, 2.45) is 11.8 Å². The molecule has 3 unspecified atom stereocenters. The van der Waals surface area contributed by atoms with Crippen LogP contribution in [0.5, 0.6) is 0 Å². The molecule has 2 nitrogen and oxygen atoms in total. The molecule has 1 saturated carbocycles. The van der Waals surface area contributed by atoms with E-state index in [9.17, 15) is 0 Å². The molecule has 3 atom stereocenters. The largest absolute Gasteiger partial charge is 0.312 e. The van der Waals surface area contributed by atoms with E-state index in [0.29, 0.717) is 0 Å². The van der Waals surface area contributed by atoms with Crippen molar-refractivity contribution in [3.63, 3.8) is 0 Å². The lowest BCUT2D eigenvalue weighted by Gasteiger charge is -2.42. The topological polar surface area (TPSA) is 15.3 Å². The first-order valence-electron chi connectivity index (χ1n) is 9.19. The minimum Gasteiger partial charge on any atom is -0.312 e. The first-order valence-corrected chi connectivity index (χ1v) is 9.19. The number of likely N-dealkylation sites (tertiary alicyclic amines) is 1. The van der Waals surface area contributed by atoms with E-state index in [1.54, 1.807) is 0 Å².